The van der Waals surface area contributed by atoms with Crippen molar-refractivity contribution in [1.29, 1.82) is 0 Å². The van der Waals surface area contributed by atoms with Crippen molar-refractivity contribution < 1.29 is 0 Å². The largest absolute Gasteiger partial charge is 0.378 e. The van der Waals surface area contributed by atoms with E-state index in [-0.39, 0.29) is 0 Å². The molecule has 0 aromatic rings. The molecule has 0 aromatic carbocycles. The second-order valence-electron chi connectivity index (χ2n) is 2.98. The van der Waals surface area contributed by atoms with E-state index in [9.17, 15) is 0 Å². The van der Waals surface area contributed by atoms with E-state index in [1.165, 1.54) is 39.0 Å². The Morgan fingerprint density at radius 1 is 1.18 bits per heavy atom. The molecule has 1 aliphatic rings. The molecule has 1 N–H and O–H groups in total. The maximum absolute atomic E-state index is 3.40. The van der Waals surface area contributed by atoms with Gasteiger partial charge in [0.25, 0.3) is 0 Å². The summed E-state index contributed by atoms with van der Waals surface area (Å²) in [4.78, 5) is 2.40. The van der Waals surface area contributed by atoms with E-state index in [1.54, 1.807) is 0 Å². The Hall–Kier alpha value is -0.500. The Morgan fingerprint density at radius 3 is 2.36 bits per heavy atom. The van der Waals surface area contributed by atoms with E-state index < -0.39 is 0 Å². The summed E-state index contributed by atoms with van der Waals surface area (Å²) in [6, 6.07) is 0. The van der Waals surface area contributed by atoms with Crippen molar-refractivity contribution in [3.05, 3.63) is 12.3 Å². The Bertz CT molecular complexity index is 113. The van der Waals surface area contributed by atoms with Gasteiger partial charge in [-0.2, -0.15) is 0 Å². The van der Waals surface area contributed by atoms with E-state index in [0.29, 0.717) is 0 Å². The molecule has 0 atom stereocenters. The van der Waals surface area contributed by atoms with Crippen molar-refractivity contribution in [2.24, 2.45) is 0 Å². The Kier molecular flexibility index (Phi) is 4.06. The zero-order valence-electron chi connectivity index (χ0n) is 7.34. The van der Waals surface area contributed by atoms with Crippen LogP contribution >= 0.6 is 0 Å². The monoisotopic (exact) mass is 154 g/mol. The fourth-order valence-electron chi connectivity index (χ4n) is 1.41. The number of nitrogens with one attached hydrogen (secondary N) is 1. The van der Waals surface area contributed by atoms with Gasteiger partial charge in [-0.05, 0) is 39.1 Å². The van der Waals surface area contributed by atoms with Gasteiger partial charge in [0.1, 0.15) is 0 Å². The fraction of sp³-hybridized carbons (Fsp3) is 0.778. The average Bonchev–Trinajstić information content (AvgIpc) is 1.94. The molecule has 0 amide bonds. The molecule has 2 nitrogen and oxygen atoms in total. The second kappa shape index (κ2) is 5.19. The van der Waals surface area contributed by atoms with Crippen molar-refractivity contribution in [2.75, 3.05) is 26.2 Å². The minimum Gasteiger partial charge on any atom is -0.378 e. The van der Waals surface area contributed by atoms with Crippen molar-refractivity contribution in [1.82, 2.24) is 10.2 Å². The van der Waals surface area contributed by atoms with Gasteiger partial charge in [-0.15, -0.1) is 0 Å². The molecule has 2 heteroatoms. The first kappa shape index (κ1) is 8.60. The highest BCUT2D eigenvalue weighted by atomic mass is 15.1. The van der Waals surface area contributed by atoms with Gasteiger partial charge in [0.05, 0.1) is 0 Å². The number of rotatable bonds is 1. The Labute approximate surface area is 69.3 Å². The van der Waals surface area contributed by atoms with Gasteiger partial charge in [-0.25, -0.2) is 0 Å². The van der Waals surface area contributed by atoms with Crippen LogP contribution in [0.5, 0.6) is 0 Å². The van der Waals surface area contributed by atoms with E-state index in [4.69, 9.17) is 0 Å². The van der Waals surface area contributed by atoms with Crippen LogP contribution in [0, 0.1) is 0 Å². The van der Waals surface area contributed by atoms with Gasteiger partial charge in [0.2, 0.25) is 0 Å². The zero-order chi connectivity index (χ0) is 7.94. The van der Waals surface area contributed by atoms with Crippen molar-refractivity contribution in [2.45, 2.75) is 19.8 Å². The number of allylic oxidation sites excluding steroid dienone is 1. The predicted molar refractivity (Wildman–Crippen MR) is 48.5 cm³/mol. The molecule has 1 saturated heterocycles. The topological polar surface area (TPSA) is 15.3 Å². The summed E-state index contributed by atoms with van der Waals surface area (Å²) < 4.78 is 0. The summed E-state index contributed by atoms with van der Waals surface area (Å²) in [7, 11) is 0. The lowest BCUT2D eigenvalue weighted by Crippen LogP contribution is -2.30. The maximum atomic E-state index is 3.40. The van der Waals surface area contributed by atoms with Gasteiger partial charge in [0, 0.05) is 13.1 Å². The molecular formula is C9H18N2. The van der Waals surface area contributed by atoms with Gasteiger partial charge >= 0.3 is 0 Å². The third kappa shape index (κ3) is 3.42. The van der Waals surface area contributed by atoms with Crippen LogP contribution in [-0.2, 0) is 0 Å². The number of hydrogen-bond acceptors (Lipinski definition) is 2. The normalized spacial score (nSPS) is 21.7. The first-order valence-electron chi connectivity index (χ1n) is 4.51. The fourth-order valence-corrected chi connectivity index (χ4v) is 1.41. The second-order valence-corrected chi connectivity index (χ2v) is 2.98. The third-order valence-electron chi connectivity index (χ3n) is 1.96. The van der Waals surface area contributed by atoms with Gasteiger partial charge in [0.15, 0.2) is 0 Å². The Balaban J connectivity index is 2.26. The molecule has 0 saturated carbocycles. The summed E-state index contributed by atoms with van der Waals surface area (Å²) in [6.45, 7) is 6.84. The predicted octanol–water partition coefficient (Wildman–Crippen LogP) is 1.21. The molecule has 0 aromatic heterocycles. The standard InChI is InChI=1S/C9H18N2/c1-2-7-11-8-3-5-10-6-4-9-11/h2,7,10H,3-6,8-9H2,1H3/b7-2+. The first-order valence-corrected chi connectivity index (χ1v) is 4.51. The van der Waals surface area contributed by atoms with Gasteiger partial charge in [-0.1, -0.05) is 6.08 Å². The zero-order valence-corrected chi connectivity index (χ0v) is 7.34. The summed E-state index contributed by atoms with van der Waals surface area (Å²) in [5.74, 6) is 0. The lowest BCUT2D eigenvalue weighted by atomic mass is 10.3. The van der Waals surface area contributed by atoms with Crippen molar-refractivity contribution >= 4 is 0 Å². The van der Waals surface area contributed by atoms with Gasteiger partial charge in [-0.3, -0.25) is 0 Å². The molecule has 0 bridgehead atoms. The highest BCUT2D eigenvalue weighted by Crippen LogP contribution is 1.97. The highest BCUT2D eigenvalue weighted by Gasteiger charge is 2.01. The molecule has 0 radical (unpaired) electrons. The van der Waals surface area contributed by atoms with Gasteiger partial charge < -0.3 is 10.2 Å². The lowest BCUT2D eigenvalue weighted by Gasteiger charge is -2.22. The Morgan fingerprint density at radius 2 is 1.82 bits per heavy atom. The summed E-state index contributed by atoms with van der Waals surface area (Å²) >= 11 is 0. The van der Waals surface area contributed by atoms with E-state index in [0.717, 1.165) is 0 Å². The SMILES string of the molecule is C/C=C/N1CCCNCCC1. The molecule has 0 unspecified atom stereocenters. The molecule has 1 rings (SSSR count). The smallest absolute Gasteiger partial charge is 0.0184 e. The first-order chi connectivity index (χ1) is 5.43. The van der Waals surface area contributed by atoms with Crippen LogP contribution in [0.2, 0.25) is 0 Å². The number of hydrogen-bond donors (Lipinski definition) is 1. The van der Waals surface area contributed by atoms with E-state index in [2.05, 4.69) is 29.4 Å². The molecule has 1 fully saturated rings. The highest BCUT2D eigenvalue weighted by molar-refractivity contribution is 4.79. The van der Waals surface area contributed by atoms with E-state index in [1.807, 2.05) is 0 Å². The van der Waals surface area contributed by atoms with Crippen LogP contribution in [0.25, 0.3) is 0 Å². The third-order valence-corrected chi connectivity index (χ3v) is 1.96. The summed E-state index contributed by atoms with van der Waals surface area (Å²) in [5.41, 5.74) is 0. The van der Waals surface area contributed by atoms with Crippen LogP contribution in [0.1, 0.15) is 19.8 Å². The molecule has 11 heavy (non-hydrogen) atoms. The molecule has 0 aliphatic carbocycles. The minimum absolute atomic E-state index is 1.17. The molecule has 64 valence electrons. The molecular weight excluding hydrogens is 136 g/mol. The molecule has 1 aliphatic heterocycles. The summed E-state index contributed by atoms with van der Waals surface area (Å²) in [5, 5.41) is 3.40. The average molecular weight is 154 g/mol. The van der Waals surface area contributed by atoms with Crippen LogP contribution in [0.15, 0.2) is 12.3 Å². The van der Waals surface area contributed by atoms with Crippen molar-refractivity contribution in [3.8, 4) is 0 Å². The lowest BCUT2D eigenvalue weighted by molar-refractivity contribution is 0.337. The summed E-state index contributed by atoms with van der Waals surface area (Å²) in [6.07, 6.45) is 6.86. The number of nitrogens with zero attached hydrogens (tertiary/aromatic N) is 1. The van der Waals surface area contributed by atoms with Crippen molar-refractivity contribution in [3.63, 3.8) is 0 Å². The van der Waals surface area contributed by atoms with Crippen LogP contribution in [-0.4, -0.2) is 31.1 Å². The quantitative estimate of drug-likeness (QED) is 0.610. The van der Waals surface area contributed by atoms with Crippen LogP contribution < -0.4 is 5.32 Å². The molecule has 1 heterocycles. The van der Waals surface area contributed by atoms with E-state index >= 15 is 0 Å². The maximum Gasteiger partial charge on any atom is 0.0184 e. The van der Waals surface area contributed by atoms with Crippen LogP contribution in [0.3, 0.4) is 0 Å². The van der Waals surface area contributed by atoms with Crippen LogP contribution in [0.4, 0.5) is 0 Å². The minimum atomic E-state index is 1.17. The molecule has 0 spiro atoms.